The minimum atomic E-state index is 0.298. The summed E-state index contributed by atoms with van der Waals surface area (Å²) in [5.41, 5.74) is 0. The Morgan fingerprint density at radius 3 is 2.91 bits per heavy atom. The zero-order valence-electron chi connectivity index (χ0n) is 7.58. The van der Waals surface area contributed by atoms with E-state index in [9.17, 15) is 0 Å². The molecule has 0 saturated carbocycles. The molecular formula is C9H19NO. The molecule has 0 aliphatic carbocycles. The van der Waals surface area contributed by atoms with Crippen LogP contribution in [0, 0.1) is 5.92 Å². The molecule has 0 aromatic heterocycles. The molecular weight excluding hydrogens is 138 g/mol. The molecule has 1 heterocycles. The molecule has 1 unspecified atom stereocenters. The zero-order valence-corrected chi connectivity index (χ0v) is 7.58. The van der Waals surface area contributed by atoms with Crippen molar-refractivity contribution in [2.24, 2.45) is 5.92 Å². The first-order chi connectivity index (χ1) is 5.24. The van der Waals surface area contributed by atoms with E-state index in [0.717, 1.165) is 5.92 Å². The minimum absolute atomic E-state index is 0.298. The molecule has 1 fully saturated rings. The van der Waals surface area contributed by atoms with Crippen LogP contribution >= 0.6 is 0 Å². The molecule has 1 aliphatic rings. The average molecular weight is 157 g/mol. The fourth-order valence-electron chi connectivity index (χ4n) is 1.74. The quantitative estimate of drug-likeness (QED) is 0.649. The Morgan fingerprint density at radius 1 is 1.64 bits per heavy atom. The number of hydrogen-bond acceptors (Lipinski definition) is 2. The standard InChI is InChI=1S/C9H19NO/c1-8-4-3-5-10(6-8)9(2)7-11/h8-9,11H,3-7H2,1-2H3/t8-,9?/m1/s1. The molecule has 0 radical (unpaired) electrons. The zero-order chi connectivity index (χ0) is 8.27. The normalized spacial score (nSPS) is 30.3. The third-order valence-electron chi connectivity index (χ3n) is 2.58. The number of piperidine rings is 1. The summed E-state index contributed by atoms with van der Waals surface area (Å²) in [6, 6.07) is 0.359. The monoisotopic (exact) mass is 157 g/mol. The van der Waals surface area contributed by atoms with Gasteiger partial charge in [-0.05, 0) is 32.2 Å². The van der Waals surface area contributed by atoms with Gasteiger partial charge in [-0.25, -0.2) is 0 Å². The first-order valence-corrected chi connectivity index (χ1v) is 4.59. The lowest BCUT2D eigenvalue weighted by molar-refractivity contribution is 0.0940. The van der Waals surface area contributed by atoms with E-state index in [1.54, 1.807) is 0 Å². The van der Waals surface area contributed by atoms with Gasteiger partial charge in [-0.3, -0.25) is 4.90 Å². The van der Waals surface area contributed by atoms with Crippen molar-refractivity contribution in [1.82, 2.24) is 4.90 Å². The number of likely N-dealkylation sites (tertiary alicyclic amines) is 1. The predicted molar refractivity (Wildman–Crippen MR) is 46.5 cm³/mol. The fourth-order valence-corrected chi connectivity index (χ4v) is 1.74. The largest absolute Gasteiger partial charge is 0.395 e. The molecule has 1 rings (SSSR count). The Morgan fingerprint density at radius 2 is 2.36 bits per heavy atom. The predicted octanol–water partition coefficient (Wildman–Crippen LogP) is 1.10. The van der Waals surface area contributed by atoms with Crippen molar-refractivity contribution in [2.45, 2.75) is 32.7 Å². The van der Waals surface area contributed by atoms with Gasteiger partial charge in [0, 0.05) is 12.6 Å². The van der Waals surface area contributed by atoms with Gasteiger partial charge in [0.15, 0.2) is 0 Å². The maximum Gasteiger partial charge on any atom is 0.0584 e. The molecule has 0 aromatic rings. The highest BCUT2D eigenvalue weighted by Gasteiger charge is 2.19. The molecule has 0 bridgehead atoms. The summed E-state index contributed by atoms with van der Waals surface area (Å²) in [5.74, 6) is 0.817. The third-order valence-corrected chi connectivity index (χ3v) is 2.58. The molecule has 2 nitrogen and oxygen atoms in total. The van der Waals surface area contributed by atoms with Crippen LogP contribution in [0.5, 0.6) is 0 Å². The number of aliphatic hydroxyl groups excluding tert-OH is 1. The Hall–Kier alpha value is -0.0800. The highest BCUT2D eigenvalue weighted by atomic mass is 16.3. The minimum Gasteiger partial charge on any atom is -0.395 e. The van der Waals surface area contributed by atoms with Gasteiger partial charge < -0.3 is 5.11 Å². The van der Waals surface area contributed by atoms with Crippen molar-refractivity contribution >= 4 is 0 Å². The van der Waals surface area contributed by atoms with E-state index in [4.69, 9.17) is 5.11 Å². The summed E-state index contributed by atoms with van der Waals surface area (Å²) in [5, 5.41) is 8.93. The topological polar surface area (TPSA) is 23.5 Å². The molecule has 0 spiro atoms. The summed E-state index contributed by atoms with van der Waals surface area (Å²) in [7, 11) is 0. The maximum atomic E-state index is 8.93. The van der Waals surface area contributed by atoms with Gasteiger partial charge in [-0.15, -0.1) is 0 Å². The molecule has 66 valence electrons. The highest BCUT2D eigenvalue weighted by Crippen LogP contribution is 2.17. The molecule has 2 atom stereocenters. The number of aliphatic hydroxyl groups is 1. The Bertz CT molecular complexity index is 116. The second-order valence-corrected chi connectivity index (χ2v) is 3.77. The van der Waals surface area contributed by atoms with Crippen molar-refractivity contribution in [3.05, 3.63) is 0 Å². The number of nitrogens with zero attached hydrogens (tertiary/aromatic N) is 1. The van der Waals surface area contributed by atoms with Crippen molar-refractivity contribution in [2.75, 3.05) is 19.7 Å². The van der Waals surface area contributed by atoms with Crippen LogP contribution < -0.4 is 0 Å². The Kier molecular flexibility index (Phi) is 3.34. The van der Waals surface area contributed by atoms with E-state index in [1.807, 2.05) is 0 Å². The number of hydrogen-bond donors (Lipinski definition) is 1. The first-order valence-electron chi connectivity index (χ1n) is 4.59. The summed E-state index contributed by atoms with van der Waals surface area (Å²) in [6.45, 7) is 7.02. The second kappa shape index (κ2) is 4.07. The summed E-state index contributed by atoms with van der Waals surface area (Å²) in [4.78, 5) is 2.38. The maximum absolute atomic E-state index is 8.93. The van der Waals surface area contributed by atoms with Gasteiger partial charge >= 0.3 is 0 Å². The van der Waals surface area contributed by atoms with Crippen molar-refractivity contribution < 1.29 is 5.11 Å². The van der Waals surface area contributed by atoms with Crippen LogP contribution in [0.3, 0.4) is 0 Å². The van der Waals surface area contributed by atoms with Gasteiger partial charge in [-0.1, -0.05) is 6.92 Å². The SMILES string of the molecule is CC(CO)N1CCC[C@@H](C)C1. The van der Waals surface area contributed by atoms with Crippen LogP contribution in [0.2, 0.25) is 0 Å². The van der Waals surface area contributed by atoms with Crippen LogP contribution in [-0.4, -0.2) is 35.7 Å². The van der Waals surface area contributed by atoms with E-state index in [1.165, 1.54) is 25.9 Å². The lowest BCUT2D eigenvalue weighted by Gasteiger charge is -2.34. The van der Waals surface area contributed by atoms with Crippen LogP contribution in [0.15, 0.2) is 0 Å². The van der Waals surface area contributed by atoms with Crippen LogP contribution in [0.1, 0.15) is 26.7 Å². The molecule has 11 heavy (non-hydrogen) atoms. The van der Waals surface area contributed by atoms with Gasteiger partial charge in [0.25, 0.3) is 0 Å². The van der Waals surface area contributed by atoms with E-state index in [0.29, 0.717) is 12.6 Å². The lowest BCUT2D eigenvalue weighted by atomic mass is 9.99. The summed E-state index contributed by atoms with van der Waals surface area (Å²) >= 11 is 0. The third kappa shape index (κ3) is 2.46. The molecule has 0 aromatic carbocycles. The van der Waals surface area contributed by atoms with E-state index in [2.05, 4.69) is 18.7 Å². The van der Waals surface area contributed by atoms with E-state index < -0.39 is 0 Å². The van der Waals surface area contributed by atoms with Gasteiger partial charge in [-0.2, -0.15) is 0 Å². The number of rotatable bonds is 2. The second-order valence-electron chi connectivity index (χ2n) is 3.77. The average Bonchev–Trinajstić information content (AvgIpc) is 2.03. The van der Waals surface area contributed by atoms with Crippen LogP contribution in [-0.2, 0) is 0 Å². The summed E-state index contributed by atoms with van der Waals surface area (Å²) in [6.07, 6.45) is 2.65. The first kappa shape index (κ1) is 9.01. The Labute approximate surface area is 69.2 Å². The van der Waals surface area contributed by atoms with Gasteiger partial charge in [0.05, 0.1) is 6.61 Å². The van der Waals surface area contributed by atoms with E-state index >= 15 is 0 Å². The molecule has 2 heteroatoms. The van der Waals surface area contributed by atoms with Crippen LogP contribution in [0.25, 0.3) is 0 Å². The fraction of sp³-hybridized carbons (Fsp3) is 1.00. The smallest absolute Gasteiger partial charge is 0.0584 e. The van der Waals surface area contributed by atoms with Crippen LogP contribution in [0.4, 0.5) is 0 Å². The van der Waals surface area contributed by atoms with Crippen molar-refractivity contribution in [3.8, 4) is 0 Å². The molecule has 1 aliphatic heterocycles. The van der Waals surface area contributed by atoms with Gasteiger partial charge in [0.2, 0.25) is 0 Å². The summed E-state index contributed by atoms with van der Waals surface area (Å²) < 4.78 is 0. The molecule has 1 saturated heterocycles. The van der Waals surface area contributed by atoms with Crippen molar-refractivity contribution in [3.63, 3.8) is 0 Å². The molecule has 0 amide bonds. The van der Waals surface area contributed by atoms with Crippen molar-refractivity contribution in [1.29, 1.82) is 0 Å². The highest BCUT2D eigenvalue weighted by molar-refractivity contribution is 4.74. The van der Waals surface area contributed by atoms with E-state index in [-0.39, 0.29) is 0 Å². The Balaban J connectivity index is 2.33. The van der Waals surface area contributed by atoms with Gasteiger partial charge in [0.1, 0.15) is 0 Å². The molecule has 1 N–H and O–H groups in total. The lowest BCUT2D eigenvalue weighted by Crippen LogP contribution is -2.42.